The normalized spacial score (nSPS) is 15.9. The van der Waals surface area contributed by atoms with Crippen molar-refractivity contribution in [2.75, 3.05) is 46.9 Å². The maximum Gasteiger partial charge on any atom is 0.409 e. The van der Waals surface area contributed by atoms with E-state index in [1.165, 1.54) is 11.1 Å². The van der Waals surface area contributed by atoms with Gasteiger partial charge < -0.3 is 25.2 Å². The van der Waals surface area contributed by atoms with Crippen molar-refractivity contribution in [2.24, 2.45) is 4.99 Å². The summed E-state index contributed by atoms with van der Waals surface area (Å²) in [6.45, 7) is 9.41. The molecule has 0 aliphatic carbocycles. The van der Waals surface area contributed by atoms with Crippen LogP contribution >= 0.6 is 24.0 Å². The average Bonchev–Trinajstić information content (AvgIpc) is 2.75. The van der Waals surface area contributed by atoms with E-state index in [9.17, 15) is 4.79 Å². The first-order chi connectivity index (χ1) is 14.5. The fraction of sp³-hybridized carbons (Fsp3) is 0.652. The van der Waals surface area contributed by atoms with Gasteiger partial charge in [0.2, 0.25) is 0 Å². The third-order valence-electron chi connectivity index (χ3n) is 5.52. The molecule has 1 amide bonds. The van der Waals surface area contributed by atoms with E-state index in [1.807, 2.05) is 6.92 Å². The fourth-order valence-electron chi connectivity index (χ4n) is 3.65. The first-order valence-electron chi connectivity index (χ1n) is 11.2. The molecule has 1 aliphatic heterocycles. The Hall–Kier alpha value is -1.55. The van der Waals surface area contributed by atoms with Crippen LogP contribution in [0, 0.1) is 0 Å². The standard InChI is InChI=1S/C23H39N5O2.HI/c1-6-18-9-11-19(12-10-18)21(27(4)5)17-25-22(24-7-2)26-20-13-15-28(16-14-20)23(29)30-8-3;/h9-12,20-21H,6-8,13-17H2,1-5H3,(H2,24,25,26);1H. The van der Waals surface area contributed by atoms with Crippen LogP contribution in [-0.2, 0) is 11.2 Å². The van der Waals surface area contributed by atoms with Gasteiger partial charge >= 0.3 is 6.09 Å². The van der Waals surface area contributed by atoms with Crippen molar-refractivity contribution < 1.29 is 9.53 Å². The molecule has 2 N–H and O–H groups in total. The van der Waals surface area contributed by atoms with Crippen LogP contribution in [0.25, 0.3) is 0 Å². The van der Waals surface area contributed by atoms with Crippen molar-refractivity contribution >= 4 is 36.0 Å². The number of benzene rings is 1. The second-order valence-electron chi connectivity index (χ2n) is 7.90. The van der Waals surface area contributed by atoms with Crippen LogP contribution < -0.4 is 10.6 Å². The monoisotopic (exact) mass is 545 g/mol. The summed E-state index contributed by atoms with van der Waals surface area (Å²) in [6, 6.07) is 9.36. The molecule has 31 heavy (non-hydrogen) atoms. The van der Waals surface area contributed by atoms with E-state index in [0.717, 1.165) is 31.8 Å². The number of carbonyl (C=O) groups is 1. The molecule has 1 aliphatic rings. The molecule has 1 aromatic carbocycles. The largest absolute Gasteiger partial charge is 0.450 e. The van der Waals surface area contributed by atoms with Crippen LogP contribution in [0.2, 0.25) is 0 Å². The van der Waals surface area contributed by atoms with Gasteiger partial charge in [0, 0.05) is 25.7 Å². The smallest absolute Gasteiger partial charge is 0.409 e. The van der Waals surface area contributed by atoms with Gasteiger partial charge in [-0.25, -0.2) is 4.79 Å². The van der Waals surface area contributed by atoms with Gasteiger partial charge in [0.15, 0.2) is 5.96 Å². The quantitative estimate of drug-likeness (QED) is 0.297. The molecule has 1 heterocycles. The lowest BCUT2D eigenvalue weighted by molar-refractivity contribution is 0.0963. The molecule has 0 spiro atoms. The van der Waals surface area contributed by atoms with Gasteiger partial charge in [-0.1, -0.05) is 31.2 Å². The van der Waals surface area contributed by atoms with Crippen molar-refractivity contribution in [3.05, 3.63) is 35.4 Å². The molecular formula is C23H40IN5O2. The van der Waals surface area contributed by atoms with E-state index in [2.05, 4.69) is 67.7 Å². The van der Waals surface area contributed by atoms with Crippen molar-refractivity contribution in [2.45, 2.75) is 52.1 Å². The van der Waals surface area contributed by atoms with E-state index >= 15 is 0 Å². The van der Waals surface area contributed by atoms with Crippen LogP contribution in [0.15, 0.2) is 29.3 Å². The molecule has 2 rings (SSSR count). The van der Waals surface area contributed by atoms with E-state index in [4.69, 9.17) is 9.73 Å². The number of nitrogens with one attached hydrogen (secondary N) is 2. The van der Waals surface area contributed by atoms with Crippen LogP contribution in [0.5, 0.6) is 0 Å². The van der Waals surface area contributed by atoms with E-state index < -0.39 is 0 Å². The Labute approximate surface area is 205 Å². The Morgan fingerprint density at radius 1 is 1.19 bits per heavy atom. The maximum absolute atomic E-state index is 11.9. The lowest BCUT2D eigenvalue weighted by atomic mass is 10.0. The minimum atomic E-state index is -0.209. The highest BCUT2D eigenvalue weighted by Gasteiger charge is 2.24. The Morgan fingerprint density at radius 3 is 2.35 bits per heavy atom. The summed E-state index contributed by atoms with van der Waals surface area (Å²) < 4.78 is 5.11. The van der Waals surface area contributed by atoms with Gasteiger partial charge in [-0.3, -0.25) is 4.99 Å². The number of halogens is 1. The van der Waals surface area contributed by atoms with Gasteiger partial charge in [0.1, 0.15) is 0 Å². The van der Waals surface area contributed by atoms with E-state index in [1.54, 1.807) is 4.90 Å². The molecule has 8 heteroatoms. The van der Waals surface area contributed by atoms with Crippen molar-refractivity contribution in [1.82, 2.24) is 20.4 Å². The van der Waals surface area contributed by atoms with E-state index in [-0.39, 0.29) is 36.1 Å². The topological polar surface area (TPSA) is 69.2 Å². The third kappa shape index (κ3) is 8.84. The zero-order valence-electron chi connectivity index (χ0n) is 19.7. The number of likely N-dealkylation sites (tertiary alicyclic amines) is 1. The summed E-state index contributed by atoms with van der Waals surface area (Å²) in [6.07, 6.45) is 2.62. The number of rotatable bonds is 8. The van der Waals surface area contributed by atoms with Gasteiger partial charge in [0.25, 0.3) is 0 Å². The Balaban J connectivity index is 0.00000480. The number of aryl methyl sites for hydroxylation is 1. The van der Waals surface area contributed by atoms with Gasteiger partial charge in [0.05, 0.1) is 19.2 Å². The highest BCUT2D eigenvalue weighted by molar-refractivity contribution is 14.0. The molecule has 176 valence electrons. The maximum atomic E-state index is 11.9. The summed E-state index contributed by atoms with van der Waals surface area (Å²) in [7, 11) is 4.19. The summed E-state index contributed by atoms with van der Waals surface area (Å²) >= 11 is 0. The number of aliphatic imine (C=N–C) groups is 1. The predicted molar refractivity (Wildman–Crippen MR) is 138 cm³/mol. The number of carbonyl (C=O) groups excluding carboxylic acids is 1. The molecule has 1 atom stereocenters. The second kappa shape index (κ2) is 14.5. The highest BCUT2D eigenvalue weighted by Crippen LogP contribution is 2.19. The zero-order valence-corrected chi connectivity index (χ0v) is 22.0. The Morgan fingerprint density at radius 2 is 1.84 bits per heavy atom. The number of hydrogen-bond donors (Lipinski definition) is 2. The number of guanidine groups is 1. The minimum absolute atomic E-state index is 0. The van der Waals surface area contributed by atoms with Crippen LogP contribution in [0.4, 0.5) is 4.79 Å². The number of likely N-dealkylation sites (N-methyl/N-ethyl adjacent to an activating group) is 1. The first kappa shape index (κ1) is 27.5. The molecule has 1 unspecified atom stereocenters. The first-order valence-corrected chi connectivity index (χ1v) is 11.2. The second-order valence-corrected chi connectivity index (χ2v) is 7.90. The molecule has 1 aromatic rings. The van der Waals surface area contributed by atoms with Crippen molar-refractivity contribution in [1.29, 1.82) is 0 Å². The fourth-order valence-corrected chi connectivity index (χ4v) is 3.65. The summed E-state index contributed by atoms with van der Waals surface area (Å²) in [5.74, 6) is 0.837. The van der Waals surface area contributed by atoms with Crippen molar-refractivity contribution in [3.8, 4) is 0 Å². The number of ether oxygens (including phenoxy) is 1. The molecule has 0 aromatic heterocycles. The summed E-state index contributed by atoms with van der Waals surface area (Å²) in [5.41, 5.74) is 2.63. The molecule has 1 saturated heterocycles. The average molecular weight is 546 g/mol. The summed E-state index contributed by atoms with van der Waals surface area (Å²) in [4.78, 5) is 20.8. The lowest BCUT2D eigenvalue weighted by Gasteiger charge is -2.32. The Bertz CT molecular complexity index is 673. The van der Waals surface area contributed by atoms with Crippen LogP contribution in [0.3, 0.4) is 0 Å². The van der Waals surface area contributed by atoms with Crippen molar-refractivity contribution in [3.63, 3.8) is 0 Å². The highest BCUT2D eigenvalue weighted by atomic mass is 127. The summed E-state index contributed by atoms with van der Waals surface area (Å²) in [5, 5.41) is 6.92. The SMILES string of the molecule is CCNC(=NCC(c1ccc(CC)cc1)N(C)C)NC1CCN(C(=O)OCC)CC1.I. The number of amides is 1. The molecule has 7 nitrogen and oxygen atoms in total. The van der Waals surface area contributed by atoms with Crippen LogP contribution in [-0.4, -0.2) is 74.8 Å². The van der Waals surface area contributed by atoms with Gasteiger partial charge in [-0.2, -0.15) is 0 Å². The molecule has 0 bridgehead atoms. The minimum Gasteiger partial charge on any atom is -0.450 e. The third-order valence-corrected chi connectivity index (χ3v) is 5.52. The van der Waals surface area contributed by atoms with Gasteiger partial charge in [-0.15, -0.1) is 24.0 Å². The zero-order chi connectivity index (χ0) is 21.9. The number of hydrogen-bond acceptors (Lipinski definition) is 4. The lowest BCUT2D eigenvalue weighted by Crippen LogP contribution is -2.50. The van der Waals surface area contributed by atoms with E-state index in [0.29, 0.717) is 32.3 Å². The number of piperidine rings is 1. The molecular weight excluding hydrogens is 505 g/mol. The van der Waals surface area contributed by atoms with Gasteiger partial charge in [-0.05, 0) is 58.3 Å². The predicted octanol–water partition coefficient (Wildman–Crippen LogP) is 3.65. The molecule has 0 radical (unpaired) electrons. The molecule has 1 fully saturated rings. The molecule has 0 saturated carbocycles. The van der Waals surface area contributed by atoms with Crippen LogP contribution in [0.1, 0.15) is 50.8 Å². The Kier molecular flexibility index (Phi) is 12.9. The number of nitrogens with zero attached hydrogens (tertiary/aromatic N) is 3.